The van der Waals surface area contributed by atoms with Crippen LogP contribution in [-0.4, -0.2) is 5.78 Å². The number of nitrogens with two attached hydrogens (primary N) is 1. The van der Waals surface area contributed by atoms with E-state index < -0.39 is 0 Å². The first-order valence-electron chi connectivity index (χ1n) is 19.0. The van der Waals surface area contributed by atoms with Crippen LogP contribution in [0.15, 0.2) is 165 Å². The minimum absolute atomic E-state index is 0. The van der Waals surface area contributed by atoms with Gasteiger partial charge in [-0.15, -0.1) is 12.4 Å². The summed E-state index contributed by atoms with van der Waals surface area (Å²) in [4.78, 5) is 11.1. The van der Waals surface area contributed by atoms with Crippen molar-refractivity contribution in [3.05, 3.63) is 209 Å². The van der Waals surface area contributed by atoms with Gasteiger partial charge in [-0.1, -0.05) is 150 Å². The largest absolute Gasteiger partial charge is 0.324 e. The number of para-hydroxylation sites is 1. The van der Waals surface area contributed by atoms with Gasteiger partial charge in [-0.05, 0) is 153 Å². The molecule has 286 valence electrons. The maximum Gasteiger partial charge on any atom is 0.137 e. The third kappa shape index (κ3) is 9.22. The fourth-order valence-corrected chi connectivity index (χ4v) is 9.51. The highest BCUT2D eigenvalue weighted by Crippen LogP contribution is 2.44. The van der Waals surface area contributed by atoms with Crippen LogP contribution in [0, 0.1) is 0 Å². The van der Waals surface area contributed by atoms with Crippen molar-refractivity contribution < 1.29 is 4.79 Å². The molecule has 57 heavy (non-hydrogen) atoms. The first kappa shape index (κ1) is 40.9. The fraction of sp³-hybridized carbons (Fsp3) is 0.140. The zero-order chi connectivity index (χ0) is 38.6. The summed E-state index contributed by atoms with van der Waals surface area (Å²) in [5, 5.41) is 2.67. The van der Waals surface area contributed by atoms with Crippen LogP contribution in [0.1, 0.15) is 57.3 Å². The number of Topliss-reactive ketones (excluding diaryl/α,β-unsaturated/α-hetero) is 1. The molecule has 0 bridgehead atoms. The topological polar surface area (TPSA) is 55.1 Å². The Morgan fingerprint density at radius 3 is 1.82 bits per heavy atom. The number of nitrogens with one attached hydrogen (secondary N) is 1. The molecule has 0 saturated heterocycles. The van der Waals surface area contributed by atoms with E-state index in [4.69, 9.17) is 5.84 Å². The van der Waals surface area contributed by atoms with Crippen LogP contribution < -0.4 is 11.3 Å². The predicted octanol–water partition coefficient (Wildman–Crippen LogP) is 13.8. The summed E-state index contributed by atoms with van der Waals surface area (Å²) < 4.78 is 3.44. The van der Waals surface area contributed by atoms with Gasteiger partial charge >= 0.3 is 0 Å². The Labute approximate surface area is 366 Å². The number of allylic oxidation sites excluding steroid dienone is 1. The SMILES string of the molecule is Brc1ccc2c(c1)CCC1=C2c2ccccc2C1.Brc1ccc2c3c(ccc2c1)Cc1ccccc1-3.Cl.NNc1ccccc1.O=C1CCc2cc(Br)ccc2C1. The van der Waals surface area contributed by atoms with Gasteiger partial charge in [0.1, 0.15) is 5.78 Å². The number of hydrazine groups is 1. The summed E-state index contributed by atoms with van der Waals surface area (Å²) in [6.07, 6.45) is 6.87. The minimum Gasteiger partial charge on any atom is -0.324 e. The molecule has 0 aliphatic heterocycles. The van der Waals surface area contributed by atoms with Gasteiger partial charge in [0.2, 0.25) is 0 Å². The van der Waals surface area contributed by atoms with Crippen molar-refractivity contribution >= 4 is 88.0 Å². The normalized spacial score (nSPS) is 13.6. The molecule has 0 radical (unpaired) electrons. The van der Waals surface area contributed by atoms with Crippen molar-refractivity contribution in [2.45, 2.75) is 44.9 Å². The maximum absolute atomic E-state index is 11.1. The summed E-state index contributed by atoms with van der Waals surface area (Å²) in [5.41, 5.74) is 20.7. The van der Waals surface area contributed by atoms with E-state index in [0.29, 0.717) is 18.6 Å². The number of carbonyl (C=O) groups is 1. The summed E-state index contributed by atoms with van der Waals surface area (Å²) in [5.74, 6) is 5.47. The fourth-order valence-electron chi connectivity index (χ4n) is 8.32. The number of nitrogen functional groups attached to an aromatic ring is 1. The Morgan fingerprint density at radius 1 is 0.474 bits per heavy atom. The second kappa shape index (κ2) is 18.5. The molecule has 0 unspecified atom stereocenters. The highest BCUT2D eigenvalue weighted by Gasteiger charge is 2.27. The van der Waals surface area contributed by atoms with Gasteiger partial charge < -0.3 is 5.43 Å². The summed E-state index contributed by atoms with van der Waals surface area (Å²) in [7, 11) is 0. The number of ketones is 1. The predicted molar refractivity (Wildman–Crippen MR) is 251 cm³/mol. The zero-order valence-electron chi connectivity index (χ0n) is 31.3. The smallest absolute Gasteiger partial charge is 0.137 e. The highest BCUT2D eigenvalue weighted by atomic mass is 79.9. The Kier molecular flexibility index (Phi) is 13.3. The number of fused-ring (bicyclic) bond motifs is 10. The number of carbonyl (C=O) groups excluding carboxylic acids is 1. The number of hydrogen-bond donors (Lipinski definition) is 2. The molecule has 4 aliphatic rings. The van der Waals surface area contributed by atoms with E-state index in [1.165, 1.54) is 89.3 Å². The lowest BCUT2D eigenvalue weighted by Gasteiger charge is -2.19. The maximum atomic E-state index is 11.1. The molecule has 0 atom stereocenters. The molecule has 0 spiro atoms. The number of benzene rings is 7. The zero-order valence-corrected chi connectivity index (χ0v) is 36.9. The number of halogens is 4. The van der Waals surface area contributed by atoms with E-state index >= 15 is 0 Å². The summed E-state index contributed by atoms with van der Waals surface area (Å²) >= 11 is 10.5. The third-order valence-electron chi connectivity index (χ3n) is 11.0. The van der Waals surface area contributed by atoms with E-state index in [1.807, 2.05) is 42.5 Å². The second-order valence-corrected chi connectivity index (χ2v) is 17.3. The standard InChI is InChI=1S/C17H13Br.C17H11Br.C10H9BrO.C6H8N2.ClH/c2*18-14-7-8-16-12(10-14)5-6-13-9-11-3-1-2-4-15(11)17(13)16;11-9-3-1-8-6-10(12)4-2-7(8)5-9;7-8-6-4-2-1-3-5-6;/h1-4,7-8,10H,5-6,9H2;1-8,10H,9H2;1,3,5H,2,4,6H2;1-5,8H,7H2;1H. The number of rotatable bonds is 1. The molecule has 7 heteroatoms. The molecule has 7 aromatic carbocycles. The molecule has 0 aromatic heterocycles. The molecular formula is C50H42Br3ClN2O. The number of anilines is 1. The average Bonchev–Trinajstić information content (AvgIpc) is 3.81. The van der Waals surface area contributed by atoms with Gasteiger partial charge in [0.25, 0.3) is 0 Å². The van der Waals surface area contributed by atoms with Crippen molar-refractivity contribution in [3.63, 3.8) is 0 Å². The van der Waals surface area contributed by atoms with E-state index in [1.54, 1.807) is 5.57 Å². The van der Waals surface area contributed by atoms with Gasteiger partial charge in [-0.25, -0.2) is 0 Å². The van der Waals surface area contributed by atoms with Crippen LogP contribution in [0.2, 0.25) is 0 Å². The molecule has 3 N–H and O–H groups in total. The van der Waals surface area contributed by atoms with Crippen LogP contribution in [0.4, 0.5) is 5.69 Å². The van der Waals surface area contributed by atoms with Crippen LogP contribution in [-0.2, 0) is 36.9 Å². The number of aryl methyl sites for hydroxylation is 2. The monoisotopic (exact) mass is 958 g/mol. The molecule has 11 rings (SSSR count). The number of hydrogen-bond acceptors (Lipinski definition) is 3. The molecule has 0 saturated carbocycles. The van der Waals surface area contributed by atoms with E-state index in [2.05, 4.69) is 156 Å². The Balaban J connectivity index is 0.000000120. The highest BCUT2D eigenvalue weighted by molar-refractivity contribution is 9.11. The van der Waals surface area contributed by atoms with Gasteiger partial charge in [0, 0.05) is 31.9 Å². The van der Waals surface area contributed by atoms with Gasteiger partial charge in [-0.2, -0.15) is 0 Å². The summed E-state index contributed by atoms with van der Waals surface area (Å²) in [6, 6.07) is 51.1. The van der Waals surface area contributed by atoms with Crippen molar-refractivity contribution in [3.8, 4) is 11.1 Å². The Morgan fingerprint density at radius 2 is 1.07 bits per heavy atom. The third-order valence-corrected chi connectivity index (χ3v) is 12.5. The van der Waals surface area contributed by atoms with Crippen molar-refractivity contribution in [1.29, 1.82) is 0 Å². The van der Waals surface area contributed by atoms with E-state index in [-0.39, 0.29) is 12.4 Å². The Hall–Kier alpha value is -4.30. The summed E-state index contributed by atoms with van der Waals surface area (Å²) in [6.45, 7) is 0. The second-order valence-electron chi connectivity index (χ2n) is 14.6. The van der Waals surface area contributed by atoms with Crippen LogP contribution in [0.25, 0.3) is 27.5 Å². The minimum atomic E-state index is 0. The Bertz CT molecular complexity index is 2620. The van der Waals surface area contributed by atoms with Crippen molar-refractivity contribution in [2.24, 2.45) is 5.84 Å². The first-order chi connectivity index (χ1) is 27.3. The molecule has 0 amide bonds. The van der Waals surface area contributed by atoms with Crippen LogP contribution in [0.3, 0.4) is 0 Å². The van der Waals surface area contributed by atoms with Gasteiger partial charge in [0.15, 0.2) is 0 Å². The molecular weight excluding hydrogens is 920 g/mol. The lowest BCUT2D eigenvalue weighted by Crippen LogP contribution is -2.12. The quantitative estimate of drug-likeness (QED) is 0.127. The van der Waals surface area contributed by atoms with Gasteiger partial charge in [0.05, 0.1) is 0 Å². The first-order valence-corrected chi connectivity index (χ1v) is 21.4. The van der Waals surface area contributed by atoms with E-state index in [9.17, 15) is 4.79 Å². The van der Waals surface area contributed by atoms with Gasteiger partial charge in [-0.3, -0.25) is 10.6 Å². The molecule has 3 nitrogen and oxygen atoms in total. The molecule has 4 aliphatic carbocycles. The lowest BCUT2D eigenvalue weighted by atomic mass is 9.85. The molecule has 0 fully saturated rings. The van der Waals surface area contributed by atoms with Crippen molar-refractivity contribution in [1.82, 2.24) is 0 Å². The molecule has 0 heterocycles. The van der Waals surface area contributed by atoms with E-state index in [0.717, 1.165) is 33.9 Å². The van der Waals surface area contributed by atoms with Crippen LogP contribution >= 0.6 is 60.2 Å². The van der Waals surface area contributed by atoms with Crippen molar-refractivity contribution in [2.75, 3.05) is 5.43 Å². The molecule has 7 aromatic rings. The lowest BCUT2D eigenvalue weighted by molar-refractivity contribution is -0.118. The average molecular weight is 962 g/mol. The van der Waals surface area contributed by atoms with Crippen LogP contribution in [0.5, 0.6) is 0 Å².